The number of aromatic amines is 1. The molecule has 1 aliphatic rings. The zero-order valence-corrected chi connectivity index (χ0v) is 18.0. The lowest BCUT2D eigenvalue weighted by molar-refractivity contribution is -0.121. The van der Waals surface area contributed by atoms with Gasteiger partial charge in [0.1, 0.15) is 12.4 Å². The van der Waals surface area contributed by atoms with E-state index in [-0.39, 0.29) is 12.5 Å². The van der Waals surface area contributed by atoms with Crippen LogP contribution in [0.25, 0.3) is 0 Å². The molecule has 0 fully saturated rings. The van der Waals surface area contributed by atoms with Crippen LogP contribution in [-0.2, 0) is 37.3 Å². The molecule has 0 spiro atoms. The lowest BCUT2D eigenvalue weighted by atomic mass is 10.1. The van der Waals surface area contributed by atoms with E-state index in [0.29, 0.717) is 11.3 Å². The standard InChI is InChI=1S/C23H27N5OS/c1-2-5-21-25-26-23(30)28(21)16-22(29)24-14-17-8-10-18(11-9-17)15-27-13-12-19-6-3-4-7-20(19)27/h3-4,6-11H,2,5,12-16H2,1H3,(H,24,29)(H,26,30). The second-order valence-corrected chi connectivity index (χ2v) is 8.06. The minimum Gasteiger partial charge on any atom is -0.367 e. The molecule has 156 valence electrons. The topological polar surface area (TPSA) is 66.0 Å². The number of hydrogen-bond acceptors (Lipinski definition) is 4. The first-order valence-electron chi connectivity index (χ1n) is 10.5. The molecule has 2 aromatic carbocycles. The van der Waals surface area contributed by atoms with Crippen molar-refractivity contribution in [1.82, 2.24) is 20.1 Å². The van der Waals surface area contributed by atoms with Gasteiger partial charge in [-0.1, -0.05) is 49.4 Å². The van der Waals surface area contributed by atoms with Gasteiger partial charge in [-0.15, -0.1) is 0 Å². The molecule has 7 heteroatoms. The number of aromatic nitrogens is 3. The Balaban J connectivity index is 1.31. The Morgan fingerprint density at radius 3 is 2.73 bits per heavy atom. The van der Waals surface area contributed by atoms with E-state index in [1.807, 2.05) is 0 Å². The number of hydrogen-bond donors (Lipinski definition) is 2. The third-order valence-electron chi connectivity index (χ3n) is 5.48. The number of amides is 1. The van der Waals surface area contributed by atoms with Crippen LogP contribution in [0.2, 0.25) is 0 Å². The van der Waals surface area contributed by atoms with Crippen LogP contribution in [-0.4, -0.2) is 27.2 Å². The average Bonchev–Trinajstić information content (AvgIpc) is 3.32. The minimum absolute atomic E-state index is 0.0670. The molecular formula is C23H27N5OS. The van der Waals surface area contributed by atoms with Crippen LogP contribution in [0.3, 0.4) is 0 Å². The van der Waals surface area contributed by atoms with Crippen molar-refractivity contribution in [2.45, 2.75) is 45.8 Å². The highest BCUT2D eigenvalue weighted by Crippen LogP contribution is 2.28. The molecule has 0 saturated carbocycles. The maximum Gasteiger partial charge on any atom is 0.240 e. The largest absolute Gasteiger partial charge is 0.367 e. The van der Waals surface area contributed by atoms with Gasteiger partial charge in [0.15, 0.2) is 4.77 Å². The SMILES string of the molecule is CCCc1n[nH]c(=S)n1CC(=O)NCc1ccc(CN2CCc3ccccc32)cc1. The normalized spacial score (nSPS) is 12.8. The molecule has 2 heterocycles. The maximum atomic E-state index is 12.4. The van der Waals surface area contributed by atoms with Crippen molar-refractivity contribution in [2.24, 2.45) is 0 Å². The van der Waals surface area contributed by atoms with Crippen LogP contribution in [0.15, 0.2) is 48.5 Å². The molecule has 3 aromatic rings. The summed E-state index contributed by atoms with van der Waals surface area (Å²) in [6.07, 6.45) is 2.86. The summed E-state index contributed by atoms with van der Waals surface area (Å²) < 4.78 is 2.26. The quantitative estimate of drug-likeness (QED) is 0.544. The van der Waals surface area contributed by atoms with Gasteiger partial charge in [-0.05, 0) is 47.8 Å². The summed E-state index contributed by atoms with van der Waals surface area (Å²) in [6, 6.07) is 17.1. The van der Waals surface area contributed by atoms with Gasteiger partial charge in [0.25, 0.3) is 0 Å². The zero-order valence-electron chi connectivity index (χ0n) is 17.2. The Morgan fingerprint density at radius 2 is 1.93 bits per heavy atom. The Morgan fingerprint density at radius 1 is 1.17 bits per heavy atom. The third kappa shape index (κ3) is 4.62. The Bertz CT molecular complexity index is 1070. The predicted molar refractivity (Wildman–Crippen MR) is 121 cm³/mol. The first-order valence-corrected chi connectivity index (χ1v) is 10.9. The number of rotatable bonds is 8. The van der Waals surface area contributed by atoms with Crippen molar-refractivity contribution in [1.29, 1.82) is 0 Å². The van der Waals surface area contributed by atoms with Gasteiger partial charge in [0, 0.05) is 31.7 Å². The van der Waals surface area contributed by atoms with Crippen molar-refractivity contribution in [2.75, 3.05) is 11.4 Å². The molecule has 0 bridgehead atoms. The number of carbonyl (C=O) groups excluding carboxylic acids is 1. The fraction of sp³-hybridized carbons (Fsp3) is 0.348. The molecule has 4 rings (SSSR count). The number of H-pyrrole nitrogens is 1. The van der Waals surface area contributed by atoms with E-state index < -0.39 is 0 Å². The molecular weight excluding hydrogens is 394 g/mol. The predicted octanol–water partition coefficient (Wildman–Crippen LogP) is 3.77. The number of anilines is 1. The van der Waals surface area contributed by atoms with Crippen LogP contribution in [0.5, 0.6) is 0 Å². The molecule has 0 atom stereocenters. The summed E-state index contributed by atoms with van der Waals surface area (Å²) in [7, 11) is 0. The summed E-state index contributed by atoms with van der Waals surface area (Å²) in [6.45, 7) is 4.74. The monoisotopic (exact) mass is 421 g/mol. The molecule has 1 aliphatic heterocycles. The highest BCUT2D eigenvalue weighted by molar-refractivity contribution is 7.71. The molecule has 2 N–H and O–H groups in total. The van der Waals surface area contributed by atoms with E-state index in [9.17, 15) is 4.79 Å². The number of nitrogens with one attached hydrogen (secondary N) is 2. The fourth-order valence-corrected chi connectivity index (χ4v) is 4.10. The fourth-order valence-electron chi connectivity index (χ4n) is 3.88. The average molecular weight is 422 g/mol. The highest BCUT2D eigenvalue weighted by Gasteiger charge is 2.18. The van der Waals surface area contributed by atoms with Crippen LogP contribution >= 0.6 is 12.2 Å². The molecule has 0 aliphatic carbocycles. The van der Waals surface area contributed by atoms with Gasteiger partial charge in [-0.3, -0.25) is 14.5 Å². The van der Waals surface area contributed by atoms with Crippen molar-refractivity contribution in [3.63, 3.8) is 0 Å². The van der Waals surface area contributed by atoms with E-state index in [4.69, 9.17) is 12.2 Å². The van der Waals surface area contributed by atoms with Gasteiger partial charge in [-0.2, -0.15) is 5.10 Å². The van der Waals surface area contributed by atoms with Crippen molar-refractivity contribution < 1.29 is 4.79 Å². The lowest BCUT2D eigenvalue weighted by Gasteiger charge is -2.19. The van der Waals surface area contributed by atoms with Crippen molar-refractivity contribution in [3.05, 3.63) is 75.8 Å². The Labute approximate surface area is 181 Å². The van der Waals surface area contributed by atoms with E-state index in [2.05, 4.69) is 75.9 Å². The molecule has 0 radical (unpaired) electrons. The molecule has 1 aromatic heterocycles. The summed E-state index contributed by atoms with van der Waals surface area (Å²) >= 11 is 5.24. The van der Waals surface area contributed by atoms with Gasteiger partial charge < -0.3 is 10.2 Å². The zero-order chi connectivity index (χ0) is 20.9. The van der Waals surface area contributed by atoms with Gasteiger partial charge in [0.05, 0.1) is 0 Å². The number of carbonyl (C=O) groups is 1. The number of nitrogens with zero attached hydrogens (tertiary/aromatic N) is 3. The number of fused-ring (bicyclic) bond motifs is 1. The highest BCUT2D eigenvalue weighted by atomic mass is 32.1. The molecule has 30 heavy (non-hydrogen) atoms. The number of benzene rings is 2. The molecule has 6 nitrogen and oxygen atoms in total. The van der Waals surface area contributed by atoms with Crippen LogP contribution in [0, 0.1) is 4.77 Å². The van der Waals surface area contributed by atoms with Crippen LogP contribution in [0.1, 0.15) is 35.9 Å². The van der Waals surface area contributed by atoms with E-state index in [1.165, 1.54) is 16.8 Å². The van der Waals surface area contributed by atoms with Gasteiger partial charge >= 0.3 is 0 Å². The summed E-state index contributed by atoms with van der Waals surface area (Å²) in [5.41, 5.74) is 5.12. The molecule has 0 unspecified atom stereocenters. The Kier molecular flexibility index (Phi) is 6.28. The van der Waals surface area contributed by atoms with E-state index in [1.54, 1.807) is 4.57 Å². The van der Waals surface area contributed by atoms with Crippen molar-refractivity contribution in [3.8, 4) is 0 Å². The summed E-state index contributed by atoms with van der Waals surface area (Å²) in [5.74, 6) is 0.757. The molecule has 0 saturated heterocycles. The summed E-state index contributed by atoms with van der Waals surface area (Å²) in [4.78, 5) is 14.8. The molecule has 1 amide bonds. The number of aryl methyl sites for hydroxylation is 1. The second-order valence-electron chi connectivity index (χ2n) is 7.67. The first kappa shape index (κ1) is 20.3. The van der Waals surface area contributed by atoms with E-state index >= 15 is 0 Å². The third-order valence-corrected chi connectivity index (χ3v) is 5.79. The second kappa shape index (κ2) is 9.26. The Hall–Kier alpha value is -2.93. The minimum atomic E-state index is -0.0670. The first-order chi connectivity index (χ1) is 14.6. The van der Waals surface area contributed by atoms with E-state index in [0.717, 1.165) is 43.7 Å². The van der Waals surface area contributed by atoms with Gasteiger partial charge in [0.2, 0.25) is 5.91 Å². The lowest BCUT2D eigenvalue weighted by Crippen LogP contribution is -2.28. The summed E-state index contributed by atoms with van der Waals surface area (Å²) in [5, 5.41) is 9.96. The smallest absolute Gasteiger partial charge is 0.240 e. The number of para-hydroxylation sites is 1. The van der Waals surface area contributed by atoms with Crippen LogP contribution < -0.4 is 10.2 Å². The van der Waals surface area contributed by atoms with Gasteiger partial charge in [-0.25, -0.2) is 0 Å². The van der Waals surface area contributed by atoms with Crippen molar-refractivity contribution >= 4 is 23.8 Å². The van der Waals surface area contributed by atoms with Crippen LogP contribution in [0.4, 0.5) is 5.69 Å². The maximum absolute atomic E-state index is 12.4.